The fourth-order valence-corrected chi connectivity index (χ4v) is 1.15. The van der Waals surface area contributed by atoms with Crippen molar-refractivity contribution in [1.29, 1.82) is 0 Å². The largest absolute Gasteiger partial charge is 0.311 e. The first-order valence-electron chi connectivity index (χ1n) is 4.78. The summed E-state index contributed by atoms with van der Waals surface area (Å²) >= 11 is 0. The Labute approximate surface area is 87.4 Å². The summed E-state index contributed by atoms with van der Waals surface area (Å²) in [7, 11) is 0. The van der Waals surface area contributed by atoms with Gasteiger partial charge in [-0.1, -0.05) is 6.92 Å². The van der Waals surface area contributed by atoms with Crippen LogP contribution in [0.5, 0.6) is 0 Å². The molecule has 0 amide bonds. The number of rotatable bonds is 4. The first-order valence-corrected chi connectivity index (χ1v) is 4.78. The SMILES string of the molecule is CCNCc1ccc(-n2cncn2)nn1. The molecule has 0 spiro atoms. The van der Waals surface area contributed by atoms with Gasteiger partial charge in [-0.05, 0) is 18.7 Å². The summed E-state index contributed by atoms with van der Waals surface area (Å²) in [4.78, 5) is 3.84. The molecule has 2 aromatic rings. The quantitative estimate of drug-likeness (QED) is 0.768. The van der Waals surface area contributed by atoms with Crippen LogP contribution in [0.2, 0.25) is 0 Å². The second-order valence-electron chi connectivity index (χ2n) is 3.00. The maximum atomic E-state index is 4.07. The highest BCUT2D eigenvalue weighted by Crippen LogP contribution is 2.00. The van der Waals surface area contributed by atoms with Crippen molar-refractivity contribution in [2.24, 2.45) is 0 Å². The maximum Gasteiger partial charge on any atom is 0.177 e. The molecule has 6 nitrogen and oxygen atoms in total. The van der Waals surface area contributed by atoms with Gasteiger partial charge in [0.1, 0.15) is 12.7 Å². The molecule has 0 bridgehead atoms. The van der Waals surface area contributed by atoms with E-state index in [1.165, 1.54) is 6.33 Å². The normalized spacial score (nSPS) is 10.5. The summed E-state index contributed by atoms with van der Waals surface area (Å²) in [5, 5.41) is 15.3. The molecule has 2 rings (SSSR count). The zero-order chi connectivity index (χ0) is 10.5. The van der Waals surface area contributed by atoms with Gasteiger partial charge in [-0.3, -0.25) is 0 Å². The van der Waals surface area contributed by atoms with Crippen molar-refractivity contribution in [3.63, 3.8) is 0 Å². The minimum atomic E-state index is 0.674. The highest BCUT2D eigenvalue weighted by molar-refractivity contribution is 5.19. The lowest BCUT2D eigenvalue weighted by Gasteiger charge is -2.01. The van der Waals surface area contributed by atoms with Crippen molar-refractivity contribution in [2.75, 3.05) is 6.54 Å². The van der Waals surface area contributed by atoms with E-state index in [1.54, 1.807) is 11.0 Å². The molecule has 1 N–H and O–H groups in total. The van der Waals surface area contributed by atoms with Crippen LogP contribution in [0.1, 0.15) is 12.6 Å². The van der Waals surface area contributed by atoms with Crippen LogP contribution in [0.25, 0.3) is 5.82 Å². The molecule has 0 fully saturated rings. The maximum absolute atomic E-state index is 4.07. The Kier molecular flexibility index (Phi) is 2.99. The van der Waals surface area contributed by atoms with Crippen LogP contribution in [-0.2, 0) is 6.54 Å². The van der Waals surface area contributed by atoms with Gasteiger partial charge < -0.3 is 5.32 Å². The van der Waals surface area contributed by atoms with Crippen LogP contribution in [0.4, 0.5) is 0 Å². The summed E-state index contributed by atoms with van der Waals surface area (Å²) in [5.41, 5.74) is 0.917. The van der Waals surface area contributed by atoms with Crippen molar-refractivity contribution in [3.8, 4) is 5.82 Å². The van der Waals surface area contributed by atoms with E-state index in [2.05, 4.69) is 32.5 Å². The standard InChI is InChI=1S/C9H12N6/c1-2-10-5-8-3-4-9(14-13-8)15-7-11-6-12-15/h3-4,6-7,10H,2,5H2,1H3. The van der Waals surface area contributed by atoms with Gasteiger partial charge in [0.05, 0.1) is 5.69 Å². The number of nitrogens with zero attached hydrogens (tertiary/aromatic N) is 5. The summed E-state index contributed by atoms with van der Waals surface area (Å²) < 4.78 is 1.57. The molecular weight excluding hydrogens is 192 g/mol. The monoisotopic (exact) mass is 204 g/mol. The lowest BCUT2D eigenvalue weighted by atomic mass is 10.4. The molecule has 0 aliphatic heterocycles. The van der Waals surface area contributed by atoms with Crippen LogP contribution < -0.4 is 5.32 Å². The van der Waals surface area contributed by atoms with E-state index in [4.69, 9.17) is 0 Å². The molecule has 0 aliphatic carbocycles. The van der Waals surface area contributed by atoms with Crippen molar-refractivity contribution >= 4 is 0 Å². The number of hydrogen-bond acceptors (Lipinski definition) is 5. The summed E-state index contributed by atoms with van der Waals surface area (Å²) in [6.07, 6.45) is 3.06. The fourth-order valence-electron chi connectivity index (χ4n) is 1.15. The van der Waals surface area contributed by atoms with Crippen LogP contribution in [-0.4, -0.2) is 31.5 Å². The number of hydrogen-bond donors (Lipinski definition) is 1. The van der Waals surface area contributed by atoms with Gasteiger partial charge in [0, 0.05) is 6.54 Å². The summed E-state index contributed by atoms with van der Waals surface area (Å²) in [6.45, 7) is 3.71. The highest BCUT2D eigenvalue weighted by Gasteiger charge is 1.99. The van der Waals surface area contributed by atoms with Crippen molar-refractivity contribution < 1.29 is 0 Å². The third-order valence-corrected chi connectivity index (χ3v) is 1.92. The zero-order valence-corrected chi connectivity index (χ0v) is 8.46. The molecule has 0 aliphatic rings. The third kappa shape index (κ3) is 2.35. The fraction of sp³-hybridized carbons (Fsp3) is 0.333. The Balaban J connectivity index is 2.11. The minimum absolute atomic E-state index is 0.674. The number of nitrogens with one attached hydrogen (secondary N) is 1. The van der Waals surface area contributed by atoms with Crippen LogP contribution in [0.15, 0.2) is 24.8 Å². The number of aromatic nitrogens is 5. The van der Waals surface area contributed by atoms with E-state index in [1.807, 2.05) is 12.1 Å². The Morgan fingerprint density at radius 3 is 2.87 bits per heavy atom. The predicted molar refractivity (Wildman–Crippen MR) is 54.3 cm³/mol. The third-order valence-electron chi connectivity index (χ3n) is 1.92. The molecule has 0 radical (unpaired) electrons. The molecular formula is C9H12N6. The molecule has 0 saturated carbocycles. The molecule has 0 saturated heterocycles. The van der Waals surface area contributed by atoms with E-state index >= 15 is 0 Å². The molecule has 2 heterocycles. The van der Waals surface area contributed by atoms with Gasteiger partial charge in [-0.2, -0.15) is 10.2 Å². The van der Waals surface area contributed by atoms with Crippen LogP contribution >= 0.6 is 0 Å². The van der Waals surface area contributed by atoms with Gasteiger partial charge >= 0.3 is 0 Å². The Hall–Kier alpha value is -1.82. The van der Waals surface area contributed by atoms with Crippen molar-refractivity contribution in [3.05, 3.63) is 30.5 Å². The molecule has 0 aromatic carbocycles. The van der Waals surface area contributed by atoms with Gasteiger partial charge in [0.2, 0.25) is 0 Å². The first kappa shape index (κ1) is 9.72. The van der Waals surface area contributed by atoms with Crippen molar-refractivity contribution in [2.45, 2.75) is 13.5 Å². The second kappa shape index (κ2) is 4.61. The molecule has 0 atom stereocenters. The second-order valence-corrected chi connectivity index (χ2v) is 3.00. The van der Waals surface area contributed by atoms with Crippen molar-refractivity contribution in [1.82, 2.24) is 30.3 Å². The zero-order valence-electron chi connectivity index (χ0n) is 8.46. The Bertz CT molecular complexity index is 393. The van der Waals surface area contributed by atoms with Gasteiger partial charge in [-0.25, -0.2) is 9.67 Å². The molecule has 15 heavy (non-hydrogen) atoms. The topological polar surface area (TPSA) is 68.5 Å². The molecule has 2 aromatic heterocycles. The Morgan fingerprint density at radius 1 is 1.33 bits per heavy atom. The van der Waals surface area contributed by atoms with Crippen LogP contribution in [0, 0.1) is 0 Å². The van der Waals surface area contributed by atoms with Gasteiger partial charge in [0.15, 0.2) is 5.82 Å². The molecule has 6 heteroatoms. The van der Waals surface area contributed by atoms with E-state index in [9.17, 15) is 0 Å². The average molecular weight is 204 g/mol. The van der Waals surface area contributed by atoms with E-state index < -0.39 is 0 Å². The summed E-state index contributed by atoms with van der Waals surface area (Å²) in [6, 6.07) is 3.79. The molecule has 78 valence electrons. The summed E-state index contributed by atoms with van der Waals surface area (Å²) in [5.74, 6) is 0.674. The lowest BCUT2D eigenvalue weighted by molar-refractivity contribution is 0.691. The van der Waals surface area contributed by atoms with E-state index in [0.717, 1.165) is 18.8 Å². The smallest absolute Gasteiger partial charge is 0.177 e. The van der Waals surface area contributed by atoms with E-state index in [-0.39, 0.29) is 0 Å². The van der Waals surface area contributed by atoms with Gasteiger partial charge in [0.25, 0.3) is 0 Å². The molecule has 0 unspecified atom stereocenters. The minimum Gasteiger partial charge on any atom is -0.311 e. The first-order chi connectivity index (χ1) is 7.40. The average Bonchev–Trinajstić information content (AvgIpc) is 2.80. The van der Waals surface area contributed by atoms with E-state index in [0.29, 0.717) is 5.82 Å². The lowest BCUT2D eigenvalue weighted by Crippen LogP contribution is -2.13. The van der Waals surface area contributed by atoms with Crippen LogP contribution in [0.3, 0.4) is 0 Å². The van der Waals surface area contributed by atoms with Gasteiger partial charge in [-0.15, -0.1) is 5.10 Å². The Morgan fingerprint density at radius 2 is 2.27 bits per heavy atom. The predicted octanol–water partition coefficient (Wildman–Crippen LogP) is 0.167. The highest BCUT2D eigenvalue weighted by atomic mass is 15.4.